The highest BCUT2D eigenvalue weighted by Crippen LogP contribution is 2.17. The summed E-state index contributed by atoms with van der Waals surface area (Å²) in [6, 6.07) is 1.31. The Kier molecular flexibility index (Phi) is 4.63. The third-order valence-electron chi connectivity index (χ3n) is 3.32. The summed E-state index contributed by atoms with van der Waals surface area (Å²) in [6.07, 6.45) is 3.28. The van der Waals surface area contributed by atoms with Gasteiger partial charge in [-0.05, 0) is 12.8 Å². The summed E-state index contributed by atoms with van der Waals surface area (Å²) in [6.45, 7) is 14.0. The molecule has 1 fully saturated rings. The highest BCUT2D eigenvalue weighted by molar-refractivity contribution is 4.89. The second-order valence-electron chi connectivity index (χ2n) is 4.50. The van der Waals surface area contributed by atoms with Crippen molar-refractivity contribution in [2.75, 3.05) is 19.6 Å². The fourth-order valence-corrected chi connectivity index (χ4v) is 2.21. The molecule has 82 valence electrons. The summed E-state index contributed by atoms with van der Waals surface area (Å²) in [5, 5.41) is 3.56. The minimum Gasteiger partial charge on any atom is -0.311 e. The summed E-state index contributed by atoms with van der Waals surface area (Å²) in [7, 11) is 0. The average molecular weight is 196 g/mol. The van der Waals surface area contributed by atoms with E-state index in [-0.39, 0.29) is 0 Å². The van der Waals surface area contributed by atoms with Gasteiger partial charge in [0, 0.05) is 31.7 Å². The van der Waals surface area contributed by atoms with E-state index in [2.05, 4.69) is 37.6 Å². The predicted molar refractivity (Wildman–Crippen MR) is 62.5 cm³/mol. The molecule has 2 nitrogen and oxygen atoms in total. The van der Waals surface area contributed by atoms with Gasteiger partial charge < -0.3 is 5.32 Å². The van der Waals surface area contributed by atoms with Crippen LogP contribution in [0.3, 0.4) is 0 Å². The molecule has 0 amide bonds. The number of nitrogens with zero attached hydrogens (tertiary/aromatic N) is 1. The van der Waals surface area contributed by atoms with Crippen molar-refractivity contribution in [2.45, 2.75) is 39.3 Å². The van der Waals surface area contributed by atoms with Crippen molar-refractivity contribution < 1.29 is 0 Å². The summed E-state index contributed by atoms with van der Waals surface area (Å²) in [5.41, 5.74) is 0. The van der Waals surface area contributed by atoms with Gasteiger partial charge in [-0.2, -0.15) is 0 Å². The lowest BCUT2D eigenvalue weighted by Crippen LogP contribution is -2.57. The zero-order valence-electron chi connectivity index (χ0n) is 9.79. The Hall–Kier alpha value is -0.340. The Morgan fingerprint density at radius 3 is 2.93 bits per heavy atom. The Morgan fingerprint density at radius 1 is 1.64 bits per heavy atom. The highest BCUT2D eigenvalue weighted by atomic mass is 15.2. The molecule has 1 saturated heterocycles. The van der Waals surface area contributed by atoms with Crippen LogP contribution in [-0.4, -0.2) is 36.6 Å². The van der Waals surface area contributed by atoms with E-state index in [1.165, 1.54) is 6.42 Å². The SMILES string of the molecule is C=CCN1CC(C)NCC1C(C)CC. The number of rotatable bonds is 4. The van der Waals surface area contributed by atoms with Crippen LogP contribution in [0.4, 0.5) is 0 Å². The number of piperazine rings is 1. The lowest BCUT2D eigenvalue weighted by atomic mass is 9.95. The van der Waals surface area contributed by atoms with Crippen molar-refractivity contribution >= 4 is 0 Å². The van der Waals surface area contributed by atoms with Crippen LogP contribution in [0.1, 0.15) is 27.2 Å². The van der Waals surface area contributed by atoms with E-state index < -0.39 is 0 Å². The van der Waals surface area contributed by atoms with Gasteiger partial charge in [0.25, 0.3) is 0 Å². The van der Waals surface area contributed by atoms with Crippen molar-refractivity contribution in [3.05, 3.63) is 12.7 Å². The van der Waals surface area contributed by atoms with Gasteiger partial charge >= 0.3 is 0 Å². The first-order chi connectivity index (χ1) is 6.69. The largest absolute Gasteiger partial charge is 0.311 e. The summed E-state index contributed by atoms with van der Waals surface area (Å²) < 4.78 is 0. The molecule has 1 aliphatic heterocycles. The first kappa shape index (κ1) is 11.7. The van der Waals surface area contributed by atoms with Gasteiger partial charge in [0.1, 0.15) is 0 Å². The Morgan fingerprint density at radius 2 is 2.36 bits per heavy atom. The van der Waals surface area contributed by atoms with E-state index in [0.717, 1.165) is 25.6 Å². The van der Waals surface area contributed by atoms with Crippen LogP contribution in [-0.2, 0) is 0 Å². The molecule has 0 saturated carbocycles. The molecule has 0 aliphatic carbocycles. The Bertz CT molecular complexity index is 179. The molecule has 2 heteroatoms. The molecular weight excluding hydrogens is 172 g/mol. The molecule has 3 unspecified atom stereocenters. The zero-order chi connectivity index (χ0) is 10.6. The van der Waals surface area contributed by atoms with Crippen molar-refractivity contribution in [1.29, 1.82) is 0 Å². The van der Waals surface area contributed by atoms with E-state index in [1.807, 2.05) is 6.08 Å². The van der Waals surface area contributed by atoms with Crippen LogP contribution < -0.4 is 5.32 Å². The number of nitrogens with one attached hydrogen (secondary N) is 1. The van der Waals surface area contributed by atoms with E-state index in [9.17, 15) is 0 Å². The first-order valence-corrected chi connectivity index (χ1v) is 5.77. The second kappa shape index (κ2) is 5.52. The minimum absolute atomic E-state index is 0.621. The van der Waals surface area contributed by atoms with Crippen LogP contribution in [0, 0.1) is 5.92 Å². The van der Waals surface area contributed by atoms with E-state index in [0.29, 0.717) is 12.1 Å². The zero-order valence-corrected chi connectivity index (χ0v) is 9.79. The van der Waals surface area contributed by atoms with Crippen molar-refractivity contribution in [1.82, 2.24) is 10.2 Å². The lowest BCUT2D eigenvalue weighted by Gasteiger charge is -2.41. The van der Waals surface area contributed by atoms with E-state index in [4.69, 9.17) is 0 Å². The van der Waals surface area contributed by atoms with Gasteiger partial charge in [-0.3, -0.25) is 4.90 Å². The van der Waals surface area contributed by atoms with Crippen LogP contribution in [0.15, 0.2) is 12.7 Å². The third kappa shape index (κ3) is 2.82. The van der Waals surface area contributed by atoms with Gasteiger partial charge in [-0.15, -0.1) is 6.58 Å². The van der Waals surface area contributed by atoms with Gasteiger partial charge in [-0.1, -0.05) is 26.3 Å². The van der Waals surface area contributed by atoms with Crippen molar-refractivity contribution in [3.8, 4) is 0 Å². The van der Waals surface area contributed by atoms with Gasteiger partial charge in [-0.25, -0.2) is 0 Å². The quantitative estimate of drug-likeness (QED) is 0.691. The molecule has 0 aromatic carbocycles. The molecular formula is C12H24N2. The fourth-order valence-electron chi connectivity index (χ4n) is 2.21. The van der Waals surface area contributed by atoms with Gasteiger partial charge in [0.2, 0.25) is 0 Å². The third-order valence-corrected chi connectivity index (χ3v) is 3.32. The average Bonchev–Trinajstić information content (AvgIpc) is 2.17. The molecule has 0 aromatic rings. The standard InChI is InChI=1S/C12H24N2/c1-5-7-14-9-11(4)13-8-12(14)10(3)6-2/h5,10-13H,1,6-9H2,2-4H3. The molecule has 14 heavy (non-hydrogen) atoms. The summed E-state index contributed by atoms with van der Waals surface area (Å²) in [5.74, 6) is 0.773. The van der Waals surface area contributed by atoms with Crippen molar-refractivity contribution in [3.63, 3.8) is 0 Å². The van der Waals surface area contributed by atoms with Crippen LogP contribution in [0.5, 0.6) is 0 Å². The van der Waals surface area contributed by atoms with E-state index in [1.54, 1.807) is 0 Å². The number of hydrogen-bond acceptors (Lipinski definition) is 2. The topological polar surface area (TPSA) is 15.3 Å². The maximum Gasteiger partial charge on any atom is 0.0250 e. The van der Waals surface area contributed by atoms with Crippen LogP contribution >= 0.6 is 0 Å². The molecule has 3 atom stereocenters. The predicted octanol–water partition coefficient (Wildman–Crippen LogP) is 1.88. The highest BCUT2D eigenvalue weighted by Gasteiger charge is 2.27. The maximum atomic E-state index is 3.84. The Balaban J connectivity index is 2.56. The Labute approximate surface area is 88.4 Å². The summed E-state index contributed by atoms with van der Waals surface area (Å²) >= 11 is 0. The van der Waals surface area contributed by atoms with Crippen LogP contribution in [0.2, 0.25) is 0 Å². The minimum atomic E-state index is 0.621. The second-order valence-corrected chi connectivity index (χ2v) is 4.50. The first-order valence-electron chi connectivity index (χ1n) is 5.77. The molecule has 1 heterocycles. The molecule has 0 spiro atoms. The molecule has 1 rings (SSSR count). The smallest absolute Gasteiger partial charge is 0.0250 e. The molecule has 0 radical (unpaired) electrons. The van der Waals surface area contributed by atoms with E-state index >= 15 is 0 Å². The molecule has 1 N–H and O–H groups in total. The lowest BCUT2D eigenvalue weighted by molar-refractivity contribution is 0.108. The summed E-state index contributed by atoms with van der Waals surface area (Å²) in [4.78, 5) is 2.56. The fraction of sp³-hybridized carbons (Fsp3) is 0.833. The molecule has 0 aromatic heterocycles. The molecule has 0 bridgehead atoms. The maximum absolute atomic E-state index is 3.84. The van der Waals surface area contributed by atoms with Crippen LogP contribution in [0.25, 0.3) is 0 Å². The van der Waals surface area contributed by atoms with Gasteiger partial charge in [0.15, 0.2) is 0 Å². The van der Waals surface area contributed by atoms with Crippen molar-refractivity contribution in [2.24, 2.45) is 5.92 Å². The normalized spacial score (nSPS) is 31.4. The monoisotopic (exact) mass is 196 g/mol. The van der Waals surface area contributed by atoms with Gasteiger partial charge in [0.05, 0.1) is 0 Å². The number of hydrogen-bond donors (Lipinski definition) is 1. The molecule has 1 aliphatic rings.